The number of rotatable bonds is 5. The minimum atomic E-state index is 0.0789. The SMILES string of the molecule is CCc1ccccc1N1C[C@H](c2nc3ccccc3n2Cc2ccc(C)cc2)CC1=O. The first-order valence-electron chi connectivity index (χ1n) is 11.0. The van der Waals surface area contributed by atoms with Crippen LogP contribution in [0.3, 0.4) is 0 Å². The maximum absolute atomic E-state index is 13.0. The molecule has 31 heavy (non-hydrogen) atoms. The maximum Gasteiger partial charge on any atom is 0.227 e. The maximum atomic E-state index is 13.0. The molecule has 0 N–H and O–H groups in total. The van der Waals surface area contributed by atoms with E-state index < -0.39 is 0 Å². The number of hydrogen-bond acceptors (Lipinski definition) is 2. The molecule has 1 aliphatic heterocycles. The molecule has 1 saturated heterocycles. The standard InChI is InChI=1S/C27H27N3O/c1-3-21-8-4-6-10-24(21)29-18-22(16-26(29)31)27-28-23-9-5-7-11-25(23)30(27)17-20-14-12-19(2)13-15-20/h4-15,22H,3,16-18H2,1-2H3/t22-/m1/s1. The molecular formula is C27H27N3O. The van der Waals surface area contributed by atoms with Gasteiger partial charge in [-0.3, -0.25) is 4.79 Å². The topological polar surface area (TPSA) is 38.1 Å². The molecule has 0 bridgehead atoms. The zero-order valence-electron chi connectivity index (χ0n) is 18.1. The summed E-state index contributed by atoms with van der Waals surface area (Å²) in [6.07, 6.45) is 1.41. The van der Waals surface area contributed by atoms with Crippen molar-refractivity contribution in [3.63, 3.8) is 0 Å². The third-order valence-corrected chi connectivity index (χ3v) is 6.30. The molecule has 1 amide bonds. The zero-order valence-corrected chi connectivity index (χ0v) is 18.1. The Morgan fingerprint density at radius 3 is 2.52 bits per heavy atom. The minimum Gasteiger partial charge on any atom is -0.323 e. The van der Waals surface area contributed by atoms with Crippen molar-refractivity contribution >= 4 is 22.6 Å². The lowest BCUT2D eigenvalue weighted by Gasteiger charge is -2.20. The number of fused-ring (bicyclic) bond motifs is 1. The van der Waals surface area contributed by atoms with Crippen LogP contribution in [0.15, 0.2) is 72.8 Å². The molecule has 0 saturated carbocycles. The van der Waals surface area contributed by atoms with Gasteiger partial charge in [0.15, 0.2) is 0 Å². The van der Waals surface area contributed by atoms with Crippen LogP contribution in [-0.2, 0) is 17.8 Å². The van der Waals surface area contributed by atoms with Gasteiger partial charge in [0.05, 0.1) is 11.0 Å². The van der Waals surface area contributed by atoms with Crippen molar-refractivity contribution in [2.75, 3.05) is 11.4 Å². The van der Waals surface area contributed by atoms with Crippen molar-refractivity contribution in [1.82, 2.24) is 9.55 Å². The van der Waals surface area contributed by atoms with E-state index in [1.54, 1.807) is 0 Å². The highest BCUT2D eigenvalue weighted by Gasteiger charge is 2.35. The highest BCUT2D eigenvalue weighted by molar-refractivity contribution is 5.97. The van der Waals surface area contributed by atoms with E-state index in [4.69, 9.17) is 4.98 Å². The lowest BCUT2D eigenvalue weighted by molar-refractivity contribution is -0.117. The van der Waals surface area contributed by atoms with Crippen molar-refractivity contribution in [2.45, 2.75) is 39.2 Å². The number of amides is 1. The quantitative estimate of drug-likeness (QED) is 0.438. The number of para-hydroxylation sites is 3. The average Bonchev–Trinajstić information content (AvgIpc) is 3.36. The summed E-state index contributed by atoms with van der Waals surface area (Å²) in [6, 6.07) is 25.2. The second kappa shape index (κ2) is 8.03. The number of carbonyl (C=O) groups excluding carboxylic acids is 1. The Balaban J connectivity index is 1.53. The van der Waals surface area contributed by atoms with Gasteiger partial charge in [-0.1, -0.05) is 67.1 Å². The van der Waals surface area contributed by atoms with Gasteiger partial charge in [-0.15, -0.1) is 0 Å². The van der Waals surface area contributed by atoms with E-state index in [1.807, 2.05) is 23.1 Å². The van der Waals surface area contributed by atoms with Crippen LogP contribution in [0.5, 0.6) is 0 Å². The molecule has 4 heteroatoms. The first-order chi connectivity index (χ1) is 15.1. The van der Waals surface area contributed by atoms with E-state index >= 15 is 0 Å². The monoisotopic (exact) mass is 409 g/mol. The molecule has 156 valence electrons. The van der Waals surface area contributed by atoms with Crippen molar-refractivity contribution in [2.24, 2.45) is 0 Å². The first-order valence-corrected chi connectivity index (χ1v) is 11.0. The molecule has 1 aliphatic rings. The number of imidazole rings is 1. The predicted molar refractivity (Wildman–Crippen MR) is 126 cm³/mol. The molecule has 0 unspecified atom stereocenters. The first kappa shape index (κ1) is 19.6. The van der Waals surface area contributed by atoms with E-state index in [0.717, 1.165) is 35.5 Å². The molecular weight excluding hydrogens is 382 g/mol. The lowest BCUT2D eigenvalue weighted by Crippen LogP contribution is -2.25. The normalized spacial score (nSPS) is 16.4. The molecule has 3 aromatic carbocycles. The van der Waals surface area contributed by atoms with Crippen molar-refractivity contribution < 1.29 is 4.79 Å². The highest BCUT2D eigenvalue weighted by Crippen LogP contribution is 2.35. The summed E-state index contributed by atoms with van der Waals surface area (Å²) in [5.74, 6) is 1.27. The summed E-state index contributed by atoms with van der Waals surface area (Å²) in [6.45, 7) is 5.67. The zero-order chi connectivity index (χ0) is 21.4. The average molecular weight is 410 g/mol. The summed E-state index contributed by atoms with van der Waals surface area (Å²) in [5.41, 5.74) is 6.87. The predicted octanol–water partition coefficient (Wildman–Crippen LogP) is 5.48. The molecule has 0 spiro atoms. The molecule has 4 nitrogen and oxygen atoms in total. The number of aromatic nitrogens is 2. The largest absolute Gasteiger partial charge is 0.323 e. The van der Waals surface area contributed by atoms with Gasteiger partial charge in [-0.05, 0) is 42.7 Å². The van der Waals surface area contributed by atoms with E-state index in [9.17, 15) is 4.79 Å². The smallest absolute Gasteiger partial charge is 0.227 e. The molecule has 1 fully saturated rings. The Labute approximate surface area is 183 Å². The van der Waals surface area contributed by atoms with Crippen LogP contribution in [0.4, 0.5) is 5.69 Å². The van der Waals surface area contributed by atoms with Gasteiger partial charge in [0.1, 0.15) is 5.82 Å². The van der Waals surface area contributed by atoms with E-state index in [2.05, 4.69) is 73.0 Å². The summed E-state index contributed by atoms with van der Waals surface area (Å²) < 4.78 is 2.30. The summed E-state index contributed by atoms with van der Waals surface area (Å²) in [5, 5.41) is 0. The van der Waals surface area contributed by atoms with Crippen LogP contribution in [0.2, 0.25) is 0 Å². The van der Waals surface area contributed by atoms with Crippen LogP contribution >= 0.6 is 0 Å². The van der Waals surface area contributed by atoms with Crippen molar-refractivity contribution in [3.05, 3.63) is 95.3 Å². The van der Waals surface area contributed by atoms with Gasteiger partial charge in [-0.25, -0.2) is 4.98 Å². The van der Waals surface area contributed by atoms with Gasteiger partial charge in [-0.2, -0.15) is 0 Å². The van der Waals surface area contributed by atoms with E-state index in [-0.39, 0.29) is 11.8 Å². The Kier molecular flexibility index (Phi) is 5.06. The second-order valence-electron chi connectivity index (χ2n) is 8.42. The molecule has 2 heterocycles. The molecule has 5 rings (SSSR count). The summed E-state index contributed by atoms with van der Waals surface area (Å²) in [7, 11) is 0. The van der Waals surface area contributed by atoms with Crippen LogP contribution in [0, 0.1) is 6.92 Å². The summed E-state index contributed by atoms with van der Waals surface area (Å²) in [4.78, 5) is 20.0. The fourth-order valence-corrected chi connectivity index (χ4v) is 4.63. The van der Waals surface area contributed by atoms with Crippen LogP contribution in [0.25, 0.3) is 11.0 Å². The molecule has 1 atom stereocenters. The van der Waals surface area contributed by atoms with Gasteiger partial charge < -0.3 is 9.47 Å². The van der Waals surface area contributed by atoms with Gasteiger partial charge in [0.25, 0.3) is 0 Å². The minimum absolute atomic E-state index is 0.0789. The summed E-state index contributed by atoms with van der Waals surface area (Å²) >= 11 is 0. The van der Waals surface area contributed by atoms with Gasteiger partial charge >= 0.3 is 0 Å². The van der Waals surface area contributed by atoms with Crippen molar-refractivity contribution in [3.8, 4) is 0 Å². The number of hydrogen-bond donors (Lipinski definition) is 0. The van der Waals surface area contributed by atoms with Gasteiger partial charge in [0, 0.05) is 31.1 Å². The highest BCUT2D eigenvalue weighted by atomic mass is 16.2. The third kappa shape index (κ3) is 3.63. The van der Waals surface area contributed by atoms with Crippen LogP contribution < -0.4 is 4.90 Å². The Morgan fingerprint density at radius 1 is 0.968 bits per heavy atom. The number of benzene rings is 3. The molecule has 0 radical (unpaired) electrons. The van der Waals surface area contributed by atoms with Crippen LogP contribution in [0.1, 0.15) is 41.8 Å². The number of nitrogens with zero attached hydrogens (tertiary/aromatic N) is 3. The fourth-order valence-electron chi connectivity index (χ4n) is 4.63. The Bertz CT molecular complexity index is 1240. The van der Waals surface area contributed by atoms with Crippen molar-refractivity contribution in [1.29, 1.82) is 0 Å². The fraction of sp³-hybridized carbons (Fsp3) is 0.259. The number of carbonyl (C=O) groups is 1. The molecule has 0 aliphatic carbocycles. The van der Waals surface area contributed by atoms with Crippen LogP contribution in [-0.4, -0.2) is 22.0 Å². The number of aryl methyl sites for hydroxylation is 2. The lowest BCUT2D eigenvalue weighted by atomic mass is 10.1. The van der Waals surface area contributed by atoms with E-state index in [1.165, 1.54) is 16.7 Å². The Morgan fingerprint density at radius 2 is 1.71 bits per heavy atom. The van der Waals surface area contributed by atoms with Gasteiger partial charge in [0.2, 0.25) is 5.91 Å². The molecule has 1 aromatic heterocycles. The van der Waals surface area contributed by atoms with E-state index in [0.29, 0.717) is 13.0 Å². The Hall–Kier alpha value is -3.40. The third-order valence-electron chi connectivity index (χ3n) is 6.30. The second-order valence-corrected chi connectivity index (χ2v) is 8.42. The molecule has 4 aromatic rings. The number of anilines is 1.